The Kier molecular flexibility index (Phi) is 4.99. The van der Waals surface area contributed by atoms with Crippen molar-refractivity contribution in [1.82, 2.24) is 4.90 Å². The summed E-state index contributed by atoms with van der Waals surface area (Å²) in [5, 5.41) is 10.4. The topological polar surface area (TPSA) is 89.2 Å². The molecular formula is C16H23NO6. The monoisotopic (exact) mass is 325 g/mol. The van der Waals surface area contributed by atoms with Gasteiger partial charge in [0.2, 0.25) is 5.76 Å². The SMILES string of the molecule is COC(=O)c1ccc(C(O)C2CCN(C(=O)OC(C)(C)C)C2)o1. The van der Waals surface area contributed by atoms with E-state index in [1.807, 2.05) is 20.8 Å². The third-order valence-corrected chi connectivity index (χ3v) is 3.63. The van der Waals surface area contributed by atoms with Crippen molar-refractivity contribution < 1.29 is 28.6 Å². The van der Waals surface area contributed by atoms with Crippen LogP contribution in [0.3, 0.4) is 0 Å². The maximum atomic E-state index is 12.0. The number of methoxy groups -OCH3 is 1. The average Bonchev–Trinajstić information content (AvgIpc) is 3.13. The summed E-state index contributed by atoms with van der Waals surface area (Å²) in [6.45, 7) is 6.32. The number of likely N-dealkylation sites (tertiary alicyclic amines) is 1. The van der Waals surface area contributed by atoms with Crippen LogP contribution >= 0.6 is 0 Å². The lowest BCUT2D eigenvalue weighted by molar-refractivity contribution is 0.0259. The number of carbonyl (C=O) groups is 2. The van der Waals surface area contributed by atoms with Crippen LogP contribution in [-0.4, -0.2) is 47.9 Å². The summed E-state index contributed by atoms with van der Waals surface area (Å²) in [5.74, 6) is -0.422. The standard InChI is InChI=1S/C16H23NO6/c1-16(2,3)23-15(20)17-8-7-10(9-17)13(18)11-5-6-12(22-11)14(19)21-4/h5-6,10,13,18H,7-9H2,1-4H3. The van der Waals surface area contributed by atoms with Gasteiger partial charge in [0.1, 0.15) is 17.5 Å². The number of hydrogen-bond donors (Lipinski definition) is 1. The summed E-state index contributed by atoms with van der Waals surface area (Å²) in [5.41, 5.74) is -0.551. The van der Waals surface area contributed by atoms with Crippen LogP contribution in [0.1, 0.15) is 49.6 Å². The van der Waals surface area contributed by atoms with Crippen LogP contribution in [0.4, 0.5) is 4.79 Å². The van der Waals surface area contributed by atoms with Crippen molar-refractivity contribution in [2.45, 2.75) is 38.9 Å². The van der Waals surface area contributed by atoms with Gasteiger partial charge < -0.3 is 23.9 Å². The lowest BCUT2D eigenvalue weighted by Gasteiger charge is -2.24. The second-order valence-corrected chi connectivity index (χ2v) is 6.61. The van der Waals surface area contributed by atoms with Gasteiger partial charge in [-0.05, 0) is 39.3 Å². The first-order valence-electron chi connectivity index (χ1n) is 7.55. The van der Waals surface area contributed by atoms with Crippen LogP contribution in [-0.2, 0) is 9.47 Å². The molecule has 0 bridgehead atoms. The number of aliphatic hydroxyl groups is 1. The molecule has 0 spiro atoms. The average molecular weight is 325 g/mol. The Morgan fingerprint density at radius 2 is 2.09 bits per heavy atom. The molecule has 1 fully saturated rings. The van der Waals surface area contributed by atoms with Crippen LogP contribution < -0.4 is 0 Å². The molecule has 7 nitrogen and oxygen atoms in total. The van der Waals surface area contributed by atoms with Gasteiger partial charge in [0.15, 0.2) is 0 Å². The van der Waals surface area contributed by atoms with Crippen molar-refractivity contribution in [2.24, 2.45) is 5.92 Å². The van der Waals surface area contributed by atoms with E-state index in [1.54, 1.807) is 11.0 Å². The fourth-order valence-electron chi connectivity index (χ4n) is 2.49. The van der Waals surface area contributed by atoms with Crippen molar-refractivity contribution in [1.29, 1.82) is 0 Å². The molecule has 2 atom stereocenters. The van der Waals surface area contributed by atoms with E-state index < -0.39 is 17.7 Å². The van der Waals surface area contributed by atoms with E-state index in [1.165, 1.54) is 13.2 Å². The normalized spacial score (nSPS) is 19.5. The third kappa shape index (κ3) is 4.25. The summed E-state index contributed by atoms with van der Waals surface area (Å²) >= 11 is 0. The van der Waals surface area contributed by atoms with Gasteiger partial charge in [0, 0.05) is 19.0 Å². The molecule has 7 heteroatoms. The zero-order valence-electron chi connectivity index (χ0n) is 13.9. The number of nitrogens with zero attached hydrogens (tertiary/aromatic N) is 1. The van der Waals surface area contributed by atoms with E-state index in [9.17, 15) is 14.7 Å². The van der Waals surface area contributed by atoms with Crippen LogP contribution in [0, 0.1) is 5.92 Å². The van der Waals surface area contributed by atoms with Crippen molar-refractivity contribution in [2.75, 3.05) is 20.2 Å². The highest BCUT2D eigenvalue weighted by Gasteiger charge is 2.35. The second kappa shape index (κ2) is 6.62. The van der Waals surface area contributed by atoms with Crippen LogP contribution in [0.2, 0.25) is 0 Å². The molecule has 1 aromatic rings. The molecule has 2 unspecified atom stereocenters. The Bertz CT molecular complexity index is 573. The summed E-state index contributed by atoms with van der Waals surface area (Å²) in [7, 11) is 1.26. The van der Waals surface area contributed by atoms with Gasteiger partial charge in [-0.2, -0.15) is 0 Å². The van der Waals surface area contributed by atoms with Gasteiger partial charge in [-0.3, -0.25) is 0 Å². The molecule has 0 saturated carbocycles. The molecule has 0 aromatic carbocycles. The Morgan fingerprint density at radius 1 is 1.39 bits per heavy atom. The predicted octanol–water partition coefficient (Wildman–Crippen LogP) is 2.36. The molecular weight excluding hydrogens is 302 g/mol. The summed E-state index contributed by atoms with van der Waals surface area (Å²) in [6, 6.07) is 3.01. The van der Waals surface area contributed by atoms with Gasteiger partial charge in [-0.1, -0.05) is 0 Å². The maximum absolute atomic E-state index is 12.0. The van der Waals surface area contributed by atoms with E-state index in [0.717, 1.165) is 0 Å². The molecule has 1 aliphatic heterocycles. The molecule has 2 heterocycles. The first-order chi connectivity index (χ1) is 10.7. The van der Waals surface area contributed by atoms with Crippen LogP contribution in [0.25, 0.3) is 0 Å². The number of aliphatic hydroxyl groups excluding tert-OH is 1. The number of carbonyl (C=O) groups excluding carboxylic acids is 2. The fraction of sp³-hybridized carbons (Fsp3) is 0.625. The first-order valence-corrected chi connectivity index (χ1v) is 7.55. The van der Waals surface area contributed by atoms with Crippen LogP contribution in [0.15, 0.2) is 16.5 Å². The highest BCUT2D eigenvalue weighted by Crippen LogP contribution is 2.31. The highest BCUT2D eigenvalue weighted by molar-refractivity contribution is 5.86. The van der Waals surface area contributed by atoms with Gasteiger partial charge >= 0.3 is 12.1 Å². The molecule has 0 radical (unpaired) electrons. The number of hydrogen-bond acceptors (Lipinski definition) is 6. The Hall–Kier alpha value is -2.02. The number of ether oxygens (including phenoxy) is 2. The molecule has 1 N–H and O–H groups in total. The van der Waals surface area contributed by atoms with Gasteiger partial charge in [0.25, 0.3) is 0 Å². The Morgan fingerprint density at radius 3 is 2.70 bits per heavy atom. The smallest absolute Gasteiger partial charge is 0.410 e. The minimum atomic E-state index is -0.888. The molecule has 1 aliphatic rings. The largest absolute Gasteiger partial charge is 0.463 e. The van der Waals surface area contributed by atoms with E-state index in [0.29, 0.717) is 25.3 Å². The van der Waals surface area contributed by atoms with Crippen LogP contribution in [0.5, 0.6) is 0 Å². The van der Waals surface area contributed by atoms with Crippen molar-refractivity contribution in [3.05, 3.63) is 23.7 Å². The zero-order chi connectivity index (χ0) is 17.2. The molecule has 1 amide bonds. The second-order valence-electron chi connectivity index (χ2n) is 6.61. The fourth-order valence-corrected chi connectivity index (χ4v) is 2.49. The Labute approximate surface area is 135 Å². The van der Waals surface area contributed by atoms with E-state index in [4.69, 9.17) is 9.15 Å². The first kappa shape index (κ1) is 17.3. The number of rotatable bonds is 3. The van der Waals surface area contributed by atoms with Crippen molar-refractivity contribution in [3.8, 4) is 0 Å². The Balaban J connectivity index is 1.97. The summed E-state index contributed by atoms with van der Waals surface area (Å²) in [4.78, 5) is 25.0. The molecule has 1 aromatic heterocycles. The molecule has 128 valence electrons. The lowest BCUT2D eigenvalue weighted by atomic mass is 10.00. The highest BCUT2D eigenvalue weighted by atomic mass is 16.6. The predicted molar refractivity (Wildman–Crippen MR) is 80.9 cm³/mol. The maximum Gasteiger partial charge on any atom is 0.410 e. The lowest BCUT2D eigenvalue weighted by Crippen LogP contribution is -2.35. The summed E-state index contributed by atoms with van der Waals surface area (Å²) in [6.07, 6.45) is -0.642. The quantitative estimate of drug-likeness (QED) is 0.858. The zero-order valence-corrected chi connectivity index (χ0v) is 13.9. The minimum Gasteiger partial charge on any atom is -0.463 e. The van der Waals surface area contributed by atoms with Gasteiger partial charge in [0.05, 0.1) is 7.11 Å². The number of esters is 1. The third-order valence-electron chi connectivity index (χ3n) is 3.63. The van der Waals surface area contributed by atoms with Crippen molar-refractivity contribution in [3.63, 3.8) is 0 Å². The van der Waals surface area contributed by atoms with Gasteiger partial charge in [-0.25, -0.2) is 9.59 Å². The van der Waals surface area contributed by atoms with E-state index >= 15 is 0 Å². The summed E-state index contributed by atoms with van der Waals surface area (Å²) < 4.78 is 15.2. The molecule has 23 heavy (non-hydrogen) atoms. The minimum absolute atomic E-state index is 0.0449. The molecule has 0 aliphatic carbocycles. The van der Waals surface area contributed by atoms with Crippen molar-refractivity contribution >= 4 is 12.1 Å². The molecule has 1 saturated heterocycles. The number of amides is 1. The van der Waals surface area contributed by atoms with Gasteiger partial charge in [-0.15, -0.1) is 0 Å². The van der Waals surface area contributed by atoms with E-state index in [2.05, 4.69) is 4.74 Å². The van der Waals surface area contributed by atoms with E-state index in [-0.39, 0.29) is 17.8 Å². The number of furan rings is 1. The molecule has 2 rings (SSSR count).